The molecule has 6 heteroatoms. The van der Waals surface area contributed by atoms with Gasteiger partial charge in [0.2, 0.25) is 0 Å². The molecule has 1 amide bonds. The topological polar surface area (TPSA) is 38.8 Å². The van der Waals surface area contributed by atoms with Crippen LogP contribution in [0.4, 0.5) is 0 Å². The van der Waals surface area contributed by atoms with E-state index in [4.69, 9.17) is 9.47 Å². The molecule has 3 rings (SSSR count). The van der Waals surface area contributed by atoms with Crippen LogP contribution in [0.1, 0.15) is 26.9 Å². The third-order valence-electron chi connectivity index (χ3n) is 4.12. The molecule has 1 fully saturated rings. The molecule has 0 N–H and O–H groups in total. The van der Waals surface area contributed by atoms with Gasteiger partial charge in [-0.15, -0.1) is 11.3 Å². The van der Waals surface area contributed by atoms with E-state index in [1.807, 2.05) is 16.7 Å². The van der Waals surface area contributed by atoms with E-state index < -0.39 is 0 Å². The maximum Gasteiger partial charge on any atom is 0.254 e. The Morgan fingerprint density at radius 2 is 2.00 bits per heavy atom. The van der Waals surface area contributed by atoms with Crippen molar-refractivity contribution in [2.75, 3.05) is 33.1 Å². The van der Waals surface area contributed by atoms with E-state index in [9.17, 15) is 4.79 Å². The second kappa shape index (κ2) is 7.94. The highest BCUT2D eigenvalue weighted by Gasteiger charge is 2.24. The lowest BCUT2D eigenvalue weighted by Crippen LogP contribution is -2.32. The van der Waals surface area contributed by atoms with E-state index in [1.165, 1.54) is 4.88 Å². The molecule has 1 saturated heterocycles. The Labute approximate surface area is 150 Å². The Kier molecular flexibility index (Phi) is 5.68. The number of carbonyl (C=O) groups excluding carboxylic acids is 1. The zero-order chi connectivity index (χ0) is 16.9. The predicted octanol–water partition coefficient (Wildman–Crippen LogP) is 4.09. The van der Waals surface area contributed by atoms with E-state index in [0.717, 1.165) is 25.3 Å². The molecular weight excluding hydrogens is 342 g/mol. The number of thiophene rings is 1. The Morgan fingerprint density at radius 3 is 2.71 bits per heavy atom. The number of hydrogen-bond acceptors (Lipinski definition) is 5. The van der Waals surface area contributed by atoms with Gasteiger partial charge < -0.3 is 14.4 Å². The summed E-state index contributed by atoms with van der Waals surface area (Å²) in [6.07, 6.45) is 0.990. The van der Waals surface area contributed by atoms with Gasteiger partial charge in [0.25, 0.3) is 5.91 Å². The molecule has 0 aliphatic carbocycles. The summed E-state index contributed by atoms with van der Waals surface area (Å²) in [4.78, 5) is 16.2. The zero-order valence-corrected chi connectivity index (χ0v) is 15.5. The van der Waals surface area contributed by atoms with Gasteiger partial charge in [0, 0.05) is 34.5 Å². The minimum absolute atomic E-state index is 0.0587. The number of carbonyl (C=O) groups is 1. The predicted molar refractivity (Wildman–Crippen MR) is 99.6 cm³/mol. The summed E-state index contributed by atoms with van der Waals surface area (Å²) in [7, 11) is 3.18. The number of methoxy groups -OCH3 is 2. The molecule has 1 atom stereocenters. The molecule has 4 nitrogen and oxygen atoms in total. The molecule has 1 aromatic carbocycles. The lowest BCUT2D eigenvalue weighted by Gasteiger charge is -2.21. The molecule has 0 bridgehead atoms. The van der Waals surface area contributed by atoms with Crippen molar-refractivity contribution in [2.45, 2.75) is 11.7 Å². The molecule has 0 radical (unpaired) electrons. The summed E-state index contributed by atoms with van der Waals surface area (Å²) in [5.74, 6) is 2.24. The largest absolute Gasteiger partial charge is 0.493 e. The van der Waals surface area contributed by atoms with Gasteiger partial charge in [-0.3, -0.25) is 4.79 Å². The lowest BCUT2D eigenvalue weighted by atomic mass is 10.1. The summed E-state index contributed by atoms with van der Waals surface area (Å²) in [6, 6.07) is 9.63. The molecular formula is C18H21NO3S2. The molecule has 1 aliphatic heterocycles. The van der Waals surface area contributed by atoms with Crippen LogP contribution in [0.3, 0.4) is 0 Å². The normalized spacial score (nSPS) is 18.1. The summed E-state index contributed by atoms with van der Waals surface area (Å²) < 4.78 is 10.5. The second-order valence-corrected chi connectivity index (χ2v) is 7.82. The quantitative estimate of drug-likeness (QED) is 0.820. The monoisotopic (exact) mass is 363 g/mol. The highest BCUT2D eigenvalue weighted by atomic mass is 32.2. The van der Waals surface area contributed by atoms with Crippen molar-refractivity contribution < 1.29 is 14.3 Å². The molecule has 1 unspecified atom stereocenters. The van der Waals surface area contributed by atoms with Gasteiger partial charge in [-0.1, -0.05) is 6.07 Å². The summed E-state index contributed by atoms with van der Waals surface area (Å²) in [5.41, 5.74) is 0.646. The number of benzene rings is 1. The second-order valence-electron chi connectivity index (χ2n) is 5.53. The molecule has 24 heavy (non-hydrogen) atoms. The van der Waals surface area contributed by atoms with Gasteiger partial charge in [0.1, 0.15) is 0 Å². The summed E-state index contributed by atoms with van der Waals surface area (Å²) in [5, 5.41) is 2.61. The first-order chi connectivity index (χ1) is 11.7. The number of hydrogen-bond donors (Lipinski definition) is 0. The maximum absolute atomic E-state index is 12.8. The first-order valence-corrected chi connectivity index (χ1v) is 9.82. The lowest BCUT2D eigenvalue weighted by molar-refractivity contribution is 0.0766. The van der Waals surface area contributed by atoms with E-state index >= 15 is 0 Å². The smallest absolute Gasteiger partial charge is 0.254 e. The Hall–Kier alpha value is -1.66. The molecule has 2 aromatic rings. The average molecular weight is 364 g/mol. The van der Waals surface area contributed by atoms with Gasteiger partial charge >= 0.3 is 0 Å². The molecule has 1 aromatic heterocycles. The SMILES string of the molecule is COc1ccc(C(=O)N2CCSC(c3cccs3)CC2)cc1OC. The Morgan fingerprint density at radius 1 is 1.17 bits per heavy atom. The summed E-state index contributed by atoms with van der Waals surface area (Å²) in [6.45, 7) is 1.56. The highest BCUT2D eigenvalue weighted by molar-refractivity contribution is 7.99. The van der Waals surface area contributed by atoms with E-state index in [2.05, 4.69) is 17.5 Å². The molecule has 2 heterocycles. The fourth-order valence-electron chi connectivity index (χ4n) is 2.83. The molecule has 0 spiro atoms. The van der Waals surface area contributed by atoms with Crippen molar-refractivity contribution in [3.8, 4) is 11.5 Å². The van der Waals surface area contributed by atoms with Crippen LogP contribution >= 0.6 is 23.1 Å². The van der Waals surface area contributed by atoms with Gasteiger partial charge in [0.05, 0.1) is 14.2 Å². The van der Waals surface area contributed by atoms with Crippen molar-refractivity contribution in [1.29, 1.82) is 0 Å². The van der Waals surface area contributed by atoms with Crippen LogP contribution in [0.25, 0.3) is 0 Å². The number of thioether (sulfide) groups is 1. The van der Waals surface area contributed by atoms with Crippen molar-refractivity contribution >= 4 is 29.0 Å². The Balaban J connectivity index is 1.71. The van der Waals surface area contributed by atoms with Crippen LogP contribution in [-0.2, 0) is 0 Å². The maximum atomic E-state index is 12.8. The van der Waals surface area contributed by atoms with Gasteiger partial charge in [-0.05, 0) is 36.1 Å². The number of rotatable bonds is 4. The van der Waals surface area contributed by atoms with Crippen LogP contribution in [0.2, 0.25) is 0 Å². The Bertz CT molecular complexity index is 688. The van der Waals surface area contributed by atoms with Crippen molar-refractivity contribution in [3.63, 3.8) is 0 Å². The van der Waals surface area contributed by atoms with Crippen LogP contribution < -0.4 is 9.47 Å². The third-order valence-corrected chi connectivity index (χ3v) is 6.57. The fraction of sp³-hybridized carbons (Fsp3) is 0.389. The number of ether oxygens (including phenoxy) is 2. The van der Waals surface area contributed by atoms with Gasteiger partial charge in [0.15, 0.2) is 11.5 Å². The third kappa shape index (κ3) is 3.70. The average Bonchev–Trinajstić information content (AvgIpc) is 3.05. The standard InChI is InChI=1S/C18H21NO3S2/c1-21-14-6-5-13(12-15(14)22-2)18(20)19-8-7-17(24-11-9-19)16-4-3-10-23-16/h3-6,10,12,17H,7-9,11H2,1-2H3. The number of nitrogens with zero attached hydrogens (tertiary/aromatic N) is 1. The molecule has 128 valence electrons. The van der Waals surface area contributed by atoms with Crippen LogP contribution in [0.5, 0.6) is 11.5 Å². The summed E-state index contributed by atoms with van der Waals surface area (Å²) >= 11 is 3.74. The first kappa shape index (κ1) is 17.2. The molecule has 0 saturated carbocycles. The van der Waals surface area contributed by atoms with E-state index in [0.29, 0.717) is 22.3 Å². The molecule has 1 aliphatic rings. The number of amides is 1. The van der Waals surface area contributed by atoms with Gasteiger partial charge in [-0.2, -0.15) is 11.8 Å². The first-order valence-electron chi connectivity index (χ1n) is 7.89. The van der Waals surface area contributed by atoms with Crippen LogP contribution in [0.15, 0.2) is 35.7 Å². The van der Waals surface area contributed by atoms with Crippen molar-refractivity contribution in [2.24, 2.45) is 0 Å². The van der Waals surface area contributed by atoms with E-state index in [-0.39, 0.29) is 5.91 Å². The zero-order valence-electron chi connectivity index (χ0n) is 13.9. The van der Waals surface area contributed by atoms with Crippen LogP contribution in [0, 0.1) is 0 Å². The van der Waals surface area contributed by atoms with Gasteiger partial charge in [-0.25, -0.2) is 0 Å². The van der Waals surface area contributed by atoms with Crippen molar-refractivity contribution in [3.05, 3.63) is 46.2 Å². The van der Waals surface area contributed by atoms with Crippen LogP contribution in [-0.4, -0.2) is 43.9 Å². The minimum atomic E-state index is 0.0587. The van der Waals surface area contributed by atoms with E-state index in [1.54, 1.807) is 43.8 Å². The minimum Gasteiger partial charge on any atom is -0.493 e. The van der Waals surface area contributed by atoms with Crippen molar-refractivity contribution in [1.82, 2.24) is 4.90 Å². The fourth-order valence-corrected chi connectivity index (χ4v) is 5.06. The highest BCUT2D eigenvalue weighted by Crippen LogP contribution is 2.37.